The number of rotatable bonds is 3. The van der Waals surface area contributed by atoms with Gasteiger partial charge in [-0.2, -0.15) is 4.37 Å². The Morgan fingerprint density at radius 1 is 1.53 bits per heavy atom. The molecular weight excluding hydrogens is 248 g/mol. The van der Waals surface area contributed by atoms with Gasteiger partial charge in [-0.3, -0.25) is 4.79 Å². The molecule has 88 valence electrons. The van der Waals surface area contributed by atoms with E-state index < -0.39 is 11.5 Å². The van der Waals surface area contributed by atoms with Crippen molar-refractivity contribution in [2.24, 2.45) is 16.0 Å². The summed E-state index contributed by atoms with van der Waals surface area (Å²) < 4.78 is 8.26. The summed E-state index contributed by atoms with van der Waals surface area (Å²) >= 11 is 1.01. The monoisotopic (exact) mass is 254 g/mol. The second kappa shape index (κ2) is 4.25. The molecule has 10 heteroatoms. The summed E-state index contributed by atoms with van der Waals surface area (Å²) in [6.07, 6.45) is 0. The molecule has 0 spiro atoms. The van der Waals surface area contributed by atoms with Crippen LogP contribution in [0.5, 0.6) is 0 Å². The van der Waals surface area contributed by atoms with Crippen molar-refractivity contribution in [1.82, 2.24) is 14.5 Å². The smallest absolute Gasteiger partial charge is 0.364 e. The van der Waals surface area contributed by atoms with Gasteiger partial charge in [0.15, 0.2) is 5.69 Å². The standard InChI is InChI=1S/C7H6N6O3S/c1-2-9-7(17-13-2)11-10-4-3(5(8)14)12-16-6(4)15/h12H,1H3,(H2,8,14). The average Bonchev–Trinajstić information content (AvgIpc) is 2.82. The Labute approximate surface area is 97.5 Å². The van der Waals surface area contributed by atoms with Crippen LogP contribution in [0.1, 0.15) is 16.3 Å². The lowest BCUT2D eigenvalue weighted by Crippen LogP contribution is -2.12. The molecule has 0 aliphatic rings. The van der Waals surface area contributed by atoms with Crippen LogP contribution >= 0.6 is 11.5 Å². The van der Waals surface area contributed by atoms with E-state index in [0.717, 1.165) is 11.5 Å². The van der Waals surface area contributed by atoms with Crippen LogP contribution in [-0.2, 0) is 0 Å². The molecule has 2 heterocycles. The molecule has 3 N–H and O–H groups in total. The van der Waals surface area contributed by atoms with Gasteiger partial charge in [0, 0.05) is 11.5 Å². The SMILES string of the molecule is Cc1nsc(N=Nc2c(C(N)=O)[nH]oc2=O)n1. The molecular formula is C7H6N6O3S. The molecule has 2 aromatic rings. The summed E-state index contributed by atoms with van der Waals surface area (Å²) in [6, 6.07) is 0. The van der Waals surface area contributed by atoms with E-state index in [2.05, 4.69) is 29.3 Å². The first-order valence-electron chi connectivity index (χ1n) is 4.31. The average molecular weight is 254 g/mol. The van der Waals surface area contributed by atoms with Crippen molar-refractivity contribution in [3.63, 3.8) is 0 Å². The first kappa shape index (κ1) is 11.1. The molecule has 0 saturated carbocycles. The Morgan fingerprint density at radius 3 is 2.88 bits per heavy atom. The van der Waals surface area contributed by atoms with Crippen molar-refractivity contribution in [3.8, 4) is 0 Å². The molecule has 2 aromatic heterocycles. The first-order valence-corrected chi connectivity index (χ1v) is 5.08. The zero-order valence-corrected chi connectivity index (χ0v) is 9.32. The summed E-state index contributed by atoms with van der Waals surface area (Å²) in [5.41, 5.74) is 3.65. The van der Waals surface area contributed by atoms with E-state index in [4.69, 9.17) is 5.73 Å². The van der Waals surface area contributed by atoms with E-state index in [9.17, 15) is 9.59 Å². The second-order valence-electron chi connectivity index (χ2n) is 2.90. The van der Waals surface area contributed by atoms with E-state index in [1.807, 2.05) is 0 Å². The van der Waals surface area contributed by atoms with Gasteiger partial charge < -0.3 is 10.3 Å². The molecule has 0 saturated heterocycles. The summed E-state index contributed by atoms with van der Waals surface area (Å²) in [7, 11) is 0. The van der Waals surface area contributed by atoms with E-state index in [1.165, 1.54) is 0 Å². The highest BCUT2D eigenvalue weighted by Gasteiger charge is 2.16. The van der Waals surface area contributed by atoms with Gasteiger partial charge in [-0.05, 0) is 6.92 Å². The van der Waals surface area contributed by atoms with Crippen LogP contribution in [-0.4, -0.2) is 20.4 Å². The summed E-state index contributed by atoms with van der Waals surface area (Å²) in [6.45, 7) is 1.69. The number of hydrogen-bond donors (Lipinski definition) is 2. The minimum absolute atomic E-state index is 0.236. The predicted molar refractivity (Wildman–Crippen MR) is 56.7 cm³/mol. The first-order chi connectivity index (χ1) is 8.08. The predicted octanol–water partition coefficient (Wildman–Crippen LogP) is 0.642. The zero-order chi connectivity index (χ0) is 12.4. The number of carbonyl (C=O) groups excluding carboxylic acids is 1. The molecule has 2 rings (SSSR count). The maximum absolute atomic E-state index is 11.2. The highest BCUT2D eigenvalue weighted by atomic mass is 32.1. The maximum atomic E-state index is 11.2. The molecule has 0 aromatic carbocycles. The van der Waals surface area contributed by atoms with Crippen LogP contribution in [0.25, 0.3) is 0 Å². The highest BCUT2D eigenvalue weighted by Crippen LogP contribution is 2.19. The lowest BCUT2D eigenvalue weighted by atomic mass is 10.4. The van der Waals surface area contributed by atoms with Crippen LogP contribution in [0.2, 0.25) is 0 Å². The molecule has 0 bridgehead atoms. The molecule has 0 fully saturated rings. The number of amides is 1. The number of aromatic nitrogens is 3. The molecule has 0 atom stereocenters. The number of carbonyl (C=O) groups is 1. The third-order valence-corrected chi connectivity index (χ3v) is 2.37. The fourth-order valence-electron chi connectivity index (χ4n) is 0.973. The lowest BCUT2D eigenvalue weighted by Gasteiger charge is -1.86. The number of azo groups is 1. The van der Waals surface area contributed by atoms with Gasteiger partial charge in [0.1, 0.15) is 5.82 Å². The van der Waals surface area contributed by atoms with E-state index in [0.29, 0.717) is 5.82 Å². The van der Waals surface area contributed by atoms with Crippen molar-refractivity contribution >= 4 is 28.3 Å². The summed E-state index contributed by atoms with van der Waals surface area (Å²) in [5, 5.41) is 9.55. The number of aryl methyl sites for hydroxylation is 1. The zero-order valence-electron chi connectivity index (χ0n) is 8.50. The van der Waals surface area contributed by atoms with Crippen LogP contribution in [0.4, 0.5) is 10.8 Å². The Bertz CT molecular complexity index is 638. The molecule has 17 heavy (non-hydrogen) atoms. The van der Waals surface area contributed by atoms with Crippen molar-refractivity contribution in [1.29, 1.82) is 0 Å². The minimum Gasteiger partial charge on any atom is -0.364 e. The Kier molecular flexibility index (Phi) is 2.78. The molecule has 0 aliphatic heterocycles. The van der Waals surface area contributed by atoms with Crippen LogP contribution < -0.4 is 11.4 Å². The van der Waals surface area contributed by atoms with Gasteiger partial charge in [0.25, 0.3) is 5.91 Å². The Hall–Kier alpha value is -2.36. The van der Waals surface area contributed by atoms with Crippen LogP contribution in [0.3, 0.4) is 0 Å². The minimum atomic E-state index is -0.863. The number of aromatic amines is 1. The van der Waals surface area contributed by atoms with Gasteiger partial charge in [-0.25, -0.2) is 14.9 Å². The summed E-state index contributed by atoms with van der Waals surface area (Å²) in [5.74, 6) is -0.321. The number of H-pyrrole nitrogens is 1. The van der Waals surface area contributed by atoms with E-state index in [-0.39, 0.29) is 16.5 Å². The Morgan fingerprint density at radius 2 is 2.29 bits per heavy atom. The van der Waals surface area contributed by atoms with Crippen LogP contribution in [0, 0.1) is 6.92 Å². The van der Waals surface area contributed by atoms with E-state index >= 15 is 0 Å². The van der Waals surface area contributed by atoms with Gasteiger partial charge >= 0.3 is 5.63 Å². The highest BCUT2D eigenvalue weighted by molar-refractivity contribution is 7.09. The number of nitrogens with one attached hydrogen (secondary N) is 1. The largest absolute Gasteiger partial charge is 0.385 e. The number of nitrogens with two attached hydrogens (primary N) is 1. The van der Waals surface area contributed by atoms with Crippen molar-refractivity contribution in [2.75, 3.05) is 0 Å². The number of nitrogens with zero attached hydrogens (tertiary/aromatic N) is 4. The van der Waals surface area contributed by atoms with Crippen molar-refractivity contribution < 1.29 is 9.32 Å². The summed E-state index contributed by atoms with van der Waals surface area (Å²) in [4.78, 5) is 26.0. The van der Waals surface area contributed by atoms with Gasteiger partial charge in [-0.1, -0.05) is 0 Å². The normalized spacial score (nSPS) is 11.1. The molecule has 1 amide bonds. The van der Waals surface area contributed by atoms with Gasteiger partial charge in [-0.15, -0.1) is 10.2 Å². The van der Waals surface area contributed by atoms with Crippen LogP contribution in [0.15, 0.2) is 19.5 Å². The molecule has 0 aliphatic carbocycles. The van der Waals surface area contributed by atoms with Crippen molar-refractivity contribution in [3.05, 3.63) is 21.9 Å². The molecule has 0 unspecified atom stereocenters. The topological polar surface area (TPSA) is 140 Å². The van der Waals surface area contributed by atoms with E-state index in [1.54, 1.807) is 6.92 Å². The quantitative estimate of drug-likeness (QED) is 0.773. The maximum Gasteiger partial charge on any atom is 0.385 e. The lowest BCUT2D eigenvalue weighted by molar-refractivity contribution is 0.0992. The third kappa shape index (κ3) is 2.25. The Balaban J connectivity index is 2.36. The third-order valence-electron chi connectivity index (χ3n) is 1.67. The van der Waals surface area contributed by atoms with Gasteiger partial charge in [0.2, 0.25) is 10.8 Å². The fourth-order valence-corrected chi connectivity index (χ4v) is 1.48. The number of primary amides is 1. The van der Waals surface area contributed by atoms with Crippen molar-refractivity contribution in [2.45, 2.75) is 6.92 Å². The van der Waals surface area contributed by atoms with Gasteiger partial charge in [0.05, 0.1) is 0 Å². The fraction of sp³-hybridized carbons (Fsp3) is 0.143. The number of hydrogen-bond acceptors (Lipinski definition) is 8. The molecule has 0 radical (unpaired) electrons. The molecule has 9 nitrogen and oxygen atoms in total. The second-order valence-corrected chi connectivity index (χ2v) is 3.63.